The molecule has 0 bridgehead atoms. The van der Waals surface area contributed by atoms with Crippen molar-refractivity contribution in [2.24, 2.45) is 0 Å². The predicted octanol–water partition coefficient (Wildman–Crippen LogP) is 3.78. The van der Waals surface area contributed by atoms with Crippen LogP contribution in [-0.4, -0.2) is 4.98 Å². The number of pyridine rings is 1. The number of anilines is 1. The monoisotopic (exact) mass is 250 g/mol. The van der Waals surface area contributed by atoms with Crippen LogP contribution in [0.5, 0.6) is 0 Å². The van der Waals surface area contributed by atoms with E-state index in [4.69, 9.17) is 17.3 Å². The van der Waals surface area contributed by atoms with Crippen molar-refractivity contribution < 1.29 is 0 Å². The molecule has 0 fully saturated rings. The molecule has 0 spiro atoms. The molecule has 1 aromatic carbocycles. The van der Waals surface area contributed by atoms with Crippen molar-refractivity contribution >= 4 is 29.1 Å². The molecular weight excluding hydrogens is 240 g/mol. The Kier molecular flexibility index (Phi) is 3.36. The second-order valence-electron chi connectivity index (χ2n) is 3.47. The minimum absolute atomic E-state index is 0.699. The fourth-order valence-corrected chi connectivity index (χ4v) is 2.40. The zero-order chi connectivity index (χ0) is 11.5. The maximum Gasteiger partial charge on any atom is 0.124 e. The molecule has 2 nitrogen and oxygen atoms in total. The number of halogens is 1. The first-order chi connectivity index (χ1) is 7.65. The van der Waals surface area contributed by atoms with Crippen LogP contribution in [0.25, 0.3) is 0 Å². The molecule has 82 valence electrons. The summed E-state index contributed by atoms with van der Waals surface area (Å²) in [4.78, 5) is 5.34. The van der Waals surface area contributed by atoms with Gasteiger partial charge in [-0.25, -0.2) is 4.98 Å². The van der Waals surface area contributed by atoms with Crippen molar-refractivity contribution in [1.29, 1.82) is 0 Å². The van der Waals surface area contributed by atoms with Crippen LogP contribution in [0.15, 0.2) is 46.5 Å². The molecule has 2 aromatic rings. The number of rotatable bonds is 2. The summed E-state index contributed by atoms with van der Waals surface area (Å²) < 4.78 is 0. The van der Waals surface area contributed by atoms with Gasteiger partial charge in [0.15, 0.2) is 0 Å². The third kappa shape index (κ3) is 2.68. The van der Waals surface area contributed by atoms with E-state index in [1.807, 2.05) is 43.5 Å². The van der Waals surface area contributed by atoms with Crippen LogP contribution in [-0.2, 0) is 0 Å². The van der Waals surface area contributed by atoms with Gasteiger partial charge in [0.25, 0.3) is 0 Å². The van der Waals surface area contributed by atoms with Gasteiger partial charge in [0.1, 0.15) is 5.03 Å². The Bertz CT molecular complexity index is 514. The van der Waals surface area contributed by atoms with E-state index < -0.39 is 0 Å². The van der Waals surface area contributed by atoms with Gasteiger partial charge in [-0.1, -0.05) is 29.4 Å². The number of nitrogens with two attached hydrogens (primary N) is 1. The molecule has 0 atom stereocenters. The van der Waals surface area contributed by atoms with Gasteiger partial charge in [0, 0.05) is 16.1 Å². The molecule has 1 heterocycles. The minimum Gasteiger partial charge on any atom is -0.397 e. The van der Waals surface area contributed by atoms with Gasteiger partial charge in [-0.05, 0) is 36.8 Å². The van der Waals surface area contributed by atoms with Crippen LogP contribution in [0.2, 0.25) is 5.02 Å². The number of nitrogen functional groups attached to an aromatic ring is 1. The molecule has 0 amide bonds. The molecule has 16 heavy (non-hydrogen) atoms. The minimum atomic E-state index is 0.699. The summed E-state index contributed by atoms with van der Waals surface area (Å²) in [5.74, 6) is 0. The molecule has 0 aliphatic heterocycles. The quantitative estimate of drug-likeness (QED) is 0.882. The summed E-state index contributed by atoms with van der Waals surface area (Å²) >= 11 is 7.43. The first-order valence-electron chi connectivity index (χ1n) is 4.81. The number of benzene rings is 1. The second kappa shape index (κ2) is 4.76. The van der Waals surface area contributed by atoms with Gasteiger partial charge < -0.3 is 5.73 Å². The van der Waals surface area contributed by atoms with Gasteiger partial charge in [0.05, 0.1) is 5.69 Å². The number of hydrogen-bond acceptors (Lipinski definition) is 3. The topological polar surface area (TPSA) is 38.9 Å². The summed E-state index contributed by atoms with van der Waals surface area (Å²) in [5, 5.41) is 1.53. The van der Waals surface area contributed by atoms with Crippen LogP contribution in [0.4, 0.5) is 5.69 Å². The van der Waals surface area contributed by atoms with Crippen molar-refractivity contribution in [3.8, 4) is 0 Å². The third-order valence-corrected chi connectivity index (χ3v) is 3.29. The first kappa shape index (κ1) is 11.3. The smallest absolute Gasteiger partial charge is 0.124 e. The largest absolute Gasteiger partial charge is 0.397 e. The molecule has 0 radical (unpaired) electrons. The average molecular weight is 251 g/mol. The second-order valence-corrected chi connectivity index (χ2v) is 4.97. The Hall–Kier alpha value is -1.19. The number of aryl methyl sites for hydroxylation is 1. The van der Waals surface area contributed by atoms with E-state index >= 15 is 0 Å². The Morgan fingerprint density at radius 3 is 2.81 bits per heavy atom. The van der Waals surface area contributed by atoms with E-state index in [0.717, 1.165) is 20.5 Å². The molecule has 0 aliphatic rings. The Labute approximate surface area is 104 Å². The lowest BCUT2D eigenvalue weighted by molar-refractivity contribution is 1.12. The molecular formula is C12H11ClN2S. The van der Waals surface area contributed by atoms with Crippen LogP contribution >= 0.6 is 23.4 Å². The summed E-state index contributed by atoms with van der Waals surface area (Å²) in [5.41, 5.74) is 7.65. The molecule has 0 aliphatic carbocycles. The van der Waals surface area contributed by atoms with Gasteiger partial charge >= 0.3 is 0 Å². The van der Waals surface area contributed by atoms with E-state index in [-0.39, 0.29) is 0 Å². The summed E-state index contributed by atoms with van der Waals surface area (Å²) in [6.45, 7) is 1.97. The van der Waals surface area contributed by atoms with Crippen molar-refractivity contribution in [2.75, 3.05) is 5.73 Å². The van der Waals surface area contributed by atoms with E-state index in [0.29, 0.717) is 5.69 Å². The summed E-state index contributed by atoms with van der Waals surface area (Å²) in [7, 11) is 0. The number of hydrogen-bond donors (Lipinski definition) is 1. The summed E-state index contributed by atoms with van der Waals surface area (Å²) in [6, 6.07) is 9.55. The zero-order valence-electron chi connectivity index (χ0n) is 8.77. The normalized spacial score (nSPS) is 10.4. The Morgan fingerprint density at radius 1 is 1.31 bits per heavy atom. The fraction of sp³-hybridized carbons (Fsp3) is 0.0833. The van der Waals surface area contributed by atoms with Crippen LogP contribution in [0.3, 0.4) is 0 Å². The molecule has 0 saturated heterocycles. The number of aromatic nitrogens is 1. The van der Waals surface area contributed by atoms with E-state index in [9.17, 15) is 0 Å². The van der Waals surface area contributed by atoms with Crippen molar-refractivity contribution in [1.82, 2.24) is 4.98 Å². The van der Waals surface area contributed by atoms with E-state index in [1.165, 1.54) is 11.8 Å². The molecule has 0 unspecified atom stereocenters. The summed E-state index contributed by atoms with van der Waals surface area (Å²) in [6.07, 6.45) is 1.81. The van der Waals surface area contributed by atoms with Gasteiger partial charge in [-0.2, -0.15) is 0 Å². The standard InChI is InChI=1S/C12H11ClN2S/c1-8-5-11(14)12(15-7-8)16-10-4-2-3-9(13)6-10/h2-7H,14H2,1H3. The van der Waals surface area contributed by atoms with Crippen molar-refractivity contribution in [3.05, 3.63) is 47.1 Å². The lowest BCUT2D eigenvalue weighted by Crippen LogP contribution is -1.92. The van der Waals surface area contributed by atoms with E-state index in [1.54, 1.807) is 0 Å². The molecule has 1 aromatic heterocycles. The molecule has 2 N–H and O–H groups in total. The molecule has 4 heteroatoms. The van der Waals surface area contributed by atoms with Gasteiger partial charge in [-0.3, -0.25) is 0 Å². The van der Waals surface area contributed by atoms with E-state index in [2.05, 4.69) is 4.98 Å². The van der Waals surface area contributed by atoms with Crippen LogP contribution in [0.1, 0.15) is 5.56 Å². The number of nitrogens with zero attached hydrogens (tertiary/aromatic N) is 1. The highest BCUT2D eigenvalue weighted by molar-refractivity contribution is 7.99. The van der Waals surface area contributed by atoms with Gasteiger partial charge in [-0.15, -0.1) is 0 Å². The van der Waals surface area contributed by atoms with Crippen molar-refractivity contribution in [2.45, 2.75) is 16.8 Å². The highest BCUT2D eigenvalue weighted by Crippen LogP contribution is 2.31. The Morgan fingerprint density at radius 2 is 2.12 bits per heavy atom. The first-order valence-corrected chi connectivity index (χ1v) is 6.00. The SMILES string of the molecule is Cc1cnc(Sc2cccc(Cl)c2)c(N)c1. The predicted molar refractivity (Wildman–Crippen MR) is 69.0 cm³/mol. The maximum absolute atomic E-state index is 5.91. The third-order valence-electron chi connectivity index (χ3n) is 2.03. The lowest BCUT2D eigenvalue weighted by Gasteiger charge is -2.05. The molecule has 2 rings (SSSR count). The van der Waals surface area contributed by atoms with Crippen molar-refractivity contribution in [3.63, 3.8) is 0 Å². The highest BCUT2D eigenvalue weighted by atomic mass is 35.5. The van der Waals surface area contributed by atoms with Crippen LogP contribution < -0.4 is 5.73 Å². The van der Waals surface area contributed by atoms with Gasteiger partial charge in [0.2, 0.25) is 0 Å². The maximum atomic E-state index is 5.91. The lowest BCUT2D eigenvalue weighted by atomic mass is 10.3. The highest BCUT2D eigenvalue weighted by Gasteiger charge is 2.04. The molecule has 0 saturated carbocycles. The zero-order valence-corrected chi connectivity index (χ0v) is 10.3. The fourth-order valence-electron chi connectivity index (χ4n) is 1.31. The van der Waals surface area contributed by atoms with Crippen LogP contribution in [0, 0.1) is 6.92 Å². The average Bonchev–Trinajstić information content (AvgIpc) is 2.22. The Balaban J connectivity index is 2.27.